The fraction of sp³-hybridized carbons (Fsp3) is 0.533. The van der Waals surface area contributed by atoms with Crippen molar-refractivity contribution in [3.8, 4) is 0 Å². The van der Waals surface area contributed by atoms with Gasteiger partial charge in [0.1, 0.15) is 5.75 Å². The van der Waals surface area contributed by atoms with Crippen LogP contribution in [0, 0.1) is 34.6 Å². The minimum Gasteiger partial charge on any atom is -0.448 e. The first-order valence-corrected chi connectivity index (χ1v) is 8.57. The van der Waals surface area contributed by atoms with Crippen LogP contribution >= 0.6 is 0 Å². The summed E-state index contributed by atoms with van der Waals surface area (Å²) in [5.41, 5.74) is 3.29. The second kappa shape index (κ2) is 6.72. The van der Waals surface area contributed by atoms with Crippen molar-refractivity contribution in [2.45, 2.75) is 46.9 Å². The standard InChI is InChI=1S/C15H19F3O5S/c1-7-8(2)10(4)13(11(5)9(7)3)14(19)23-12(15(16,17)18)6-24(20,21)22/h12H,6H2,1-5H3,(H,20,21,22). The Morgan fingerprint density at radius 3 is 1.71 bits per heavy atom. The SMILES string of the molecule is Cc1c(C)c(C)c(C(=O)OC(CS(=O)(=O)O)C(F)(F)F)c(C)c1C. The first-order chi connectivity index (χ1) is 10.7. The Kier molecular flexibility index (Phi) is 5.72. The molecule has 1 aromatic rings. The van der Waals surface area contributed by atoms with E-state index in [-0.39, 0.29) is 5.56 Å². The largest absolute Gasteiger partial charge is 0.448 e. The molecule has 0 aliphatic carbocycles. The molecule has 5 nitrogen and oxygen atoms in total. The van der Waals surface area contributed by atoms with Crippen LogP contribution in [0.1, 0.15) is 38.2 Å². The summed E-state index contributed by atoms with van der Waals surface area (Å²) in [4.78, 5) is 12.2. The number of hydrogen-bond donors (Lipinski definition) is 1. The monoisotopic (exact) mass is 368 g/mol. The predicted molar refractivity (Wildman–Crippen MR) is 81.8 cm³/mol. The summed E-state index contributed by atoms with van der Waals surface area (Å²) in [6.07, 6.45) is -8.07. The molecule has 9 heteroatoms. The highest BCUT2D eigenvalue weighted by atomic mass is 32.2. The molecule has 0 heterocycles. The van der Waals surface area contributed by atoms with Crippen molar-refractivity contribution in [1.82, 2.24) is 0 Å². The molecule has 136 valence electrons. The summed E-state index contributed by atoms with van der Waals surface area (Å²) in [6.45, 7) is 8.45. The minimum atomic E-state index is -5.12. The fourth-order valence-electron chi connectivity index (χ4n) is 2.38. The van der Waals surface area contributed by atoms with Crippen molar-refractivity contribution >= 4 is 16.1 Å². The number of carbonyl (C=O) groups is 1. The zero-order valence-electron chi connectivity index (χ0n) is 13.9. The molecule has 0 aliphatic heterocycles. The average molecular weight is 368 g/mol. The van der Waals surface area contributed by atoms with Crippen molar-refractivity contribution in [2.75, 3.05) is 5.75 Å². The zero-order chi connectivity index (χ0) is 19.0. The average Bonchev–Trinajstić information content (AvgIpc) is 2.40. The van der Waals surface area contributed by atoms with Gasteiger partial charge in [-0.1, -0.05) is 0 Å². The molecule has 0 spiro atoms. The van der Waals surface area contributed by atoms with Gasteiger partial charge in [0.2, 0.25) is 6.10 Å². The Morgan fingerprint density at radius 1 is 1.00 bits per heavy atom. The molecule has 0 radical (unpaired) electrons. The van der Waals surface area contributed by atoms with Crippen LogP contribution in [0.25, 0.3) is 0 Å². The summed E-state index contributed by atoms with van der Waals surface area (Å²) in [6, 6.07) is 0. The van der Waals surface area contributed by atoms with Crippen LogP contribution in [0.15, 0.2) is 0 Å². The normalized spacial score (nSPS) is 13.7. The van der Waals surface area contributed by atoms with Crippen LogP contribution in [0.5, 0.6) is 0 Å². The van der Waals surface area contributed by atoms with Crippen LogP contribution < -0.4 is 0 Å². The van der Waals surface area contributed by atoms with Crippen LogP contribution in [-0.4, -0.2) is 37.0 Å². The lowest BCUT2D eigenvalue weighted by Gasteiger charge is -2.22. The van der Waals surface area contributed by atoms with Crippen LogP contribution in [0.4, 0.5) is 13.2 Å². The number of esters is 1. The third kappa shape index (κ3) is 4.47. The minimum absolute atomic E-state index is 0.0276. The number of carbonyl (C=O) groups excluding carboxylic acids is 1. The Morgan fingerprint density at radius 2 is 1.38 bits per heavy atom. The lowest BCUT2D eigenvalue weighted by Crippen LogP contribution is -2.39. The molecule has 0 bridgehead atoms. The molecule has 0 saturated heterocycles. The number of hydrogen-bond acceptors (Lipinski definition) is 4. The van der Waals surface area contributed by atoms with E-state index in [1.807, 2.05) is 6.92 Å². The topological polar surface area (TPSA) is 80.7 Å². The van der Waals surface area contributed by atoms with Gasteiger partial charge >= 0.3 is 12.1 Å². The molecule has 24 heavy (non-hydrogen) atoms. The highest BCUT2D eigenvalue weighted by Crippen LogP contribution is 2.29. The van der Waals surface area contributed by atoms with E-state index in [1.165, 1.54) is 0 Å². The van der Waals surface area contributed by atoms with E-state index >= 15 is 0 Å². The second-order valence-corrected chi connectivity index (χ2v) is 7.18. The molecule has 0 aliphatic rings. The highest BCUT2D eigenvalue weighted by molar-refractivity contribution is 7.85. The van der Waals surface area contributed by atoms with Crippen LogP contribution in [0.3, 0.4) is 0 Å². The Balaban J connectivity index is 3.32. The van der Waals surface area contributed by atoms with E-state index in [1.54, 1.807) is 27.7 Å². The van der Waals surface area contributed by atoms with Gasteiger partial charge in [0.15, 0.2) is 0 Å². The van der Waals surface area contributed by atoms with Gasteiger partial charge in [-0.2, -0.15) is 21.6 Å². The molecule has 0 aromatic heterocycles. The van der Waals surface area contributed by atoms with E-state index in [9.17, 15) is 26.4 Å². The van der Waals surface area contributed by atoms with Gasteiger partial charge < -0.3 is 4.74 Å². The lowest BCUT2D eigenvalue weighted by molar-refractivity contribution is -0.197. The van der Waals surface area contributed by atoms with Gasteiger partial charge in [-0.3, -0.25) is 4.55 Å². The third-order valence-electron chi connectivity index (χ3n) is 4.18. The van der Waals surface area contributed by atoms with E-state index in [2.05, 4.69) is 4.74 Å². The van der Waals surface area contributed by atoms with Crippen LogP contribution in [0.2, 0.25) is 0 Å². The maximum atomic E-state index is 12.9. The van der Waals surface area contributed by atoms with E-state index in [0.29, 0.717) is 11.1 Å². The number of rotatable bonds is 4. The van der Waals surface area contributed by atoms with Crippen molar-refractivity contribution in [3.05, 3.63) is 33.4 Å². The summed E-state index contributed by atoms with van der Waals surface area (Å²) in [7, 11) is -4.97. The molecule has 0 saturated carbocycles. The quantitative estimate of drug-likeness (QED) is 0.652. The lowest BCUT2D eigenvalue weighted by atomic mass is 9.89. The fourth-order valence-corrected chi connectivity index (χ4v) is 3.02. The van der Waals surface area contributed by atoms with Gasteiger partial charge in [-0.25, -0.2) is 4.79 Å². The van der Waals surface area contributed by atoms with Gasteiger partial charge in [-0.15, -0.1) is 0 Å². The Bertz CT molecular complexity index is 737. The maximum absolute atomic E-state index is 12.9. The molecule has 1 aromatic carbocycles. The van der Waals surface area contributed by atoms with Crippen molar-refractivity contribution in [1.29, 1.82) is 0 Å². The molecule has 1 unspecified atom stereocenters. The molecule has 1 N–H and O–H groups in total. The van der Waals surface area contributed by atoms with Crippen LogP contribution in [-0.2, 0) is 14.9 Å². The highest BCUT2D eigenvalue weighted by Gasteiger charge is 2.45. The Hall–Kier alpha value is -1.61. The summed E-state index contributed by atoms with van der Waals surface area (Å²) in [5.74, 6) is -3.02. The zero-order valence-corrected chi connectivity index (χ0v) is 14.7. The second-order valence-electron chi connectivity index (χ2n) is 5.68. The molecule has 0 fully saturated rings. The van der Waals surface area contributed by atoms with Crippen molar-refractivity contribution in [3.63, 3.8) is 0 Å². The maximum Gasteiger partial charge on any atom is 0.426 e. The number of halogens is 3. The van der Waals surface area contributed by atoms with E-state index in [0.717, 1.165) is 16.7 Å². The summed E-state index contributed by atoms with van der Waals surface area (Å²) < 4.78 is 73.2. The van der Waals surface area contributed by atoms with E-state index < -0.39 is 34.1 Å². The third-order valence-corrected chi connectivity index (χ3v) is 4.90. The van der Waals surface area contributed by atoms with Gasteiger partial charge in [0.25, 0.3) is 10.1 Å². The Labute approximate surface area is 138 Å². The number of alkyl halides is 3. The summed E-state index contributed by atoms with van der Waals surface area (Å²) >= 11 is 0. The van der Waals surface area contributed by atoms with Gasteiger partial charge in [-0.05, 0) is 62.4 Å². The molecule has 1 rings (SSSR count). The molecular formula is C15H19F3O5S. The molecule has 1 atom stereocenters. The first kappa shape index (κ1) is 20.4. The first-order valence-electron chi connectivity index (χ1n) is 6.96. The smallest absolute Gasteiger partial charge is 0.426 e. The number of ether oxygens (including phenoxy) is 1. The van der Waals surface area contributed by atoms with E-state index in [4.69, 9.17) is 4.55 Å². The van der Waals surface area contributed by atoms with Crippen molar-refractivity contribution in [2.24, 2.45) is 0 Å². The van der Waals surface area contributed by atoms with Crippen molar-refractivity contribution < 1.29 is 35.7 Å². The molecule has 0 amide bonds. The number of benzene rings is 1. The molecular weight excluding hydrogens is 349 g/mol. The predicted octanol–water partition coefficient (Wildman–Crippen LogP) is 3.20. The summed E-state index contributed by atoms with van der Waals surface area (Å²) in [5, 5.41) is 0. The van der Waals surface area contributed by atoms with Gasteiger partial charge in [0.05, 0.1) is 5.56 Å². The van der Waals surface area contributed by atoms with Gasteiger partial charge in [0, 0.05) is 0 Å².